The maximum absolute atomic E-state index is 3.90. The lowest BCUT2D eigenvalue weighted by atomic mass is 10.1. The van der Waals surface area contributed by atoms with Crippen LogP contribution in [0, 0.1) is 0 Å². The van der Waals surface area contributed by atoms with Crippen LogP contribution in [-0.2, 0) is 0 Å². The topological polar surface area (TPSA) is 12.0 Å². The lowest BCUT2D eigenvalue weighted by molar-refractivity contribution is 0.513. The molecule has 0 unspecified atom stereocenters. The van der Waals surface area contributed by atoms with E-state index in [1.807, 2.05) is 0 Å². The molecule has 0 aromatic rings. The van der Waals surface area contributed by atoms with E-state index in [4.69, 9.17) is 0 Å². The summed E-state index contributed by atoms with van der Waals surface area (Å²) in [5, 5.41) is 1.73. The van der Waals surface area contributed by atoms with Crippen molar-refractivity contribution in [3.05, 3.63) is 22.9 Å². The molecular formula is C16H31NSi. The van der Waals surface area contributed by atoms with Crippen LogP contribution in [0.3, 0.4) is 0 Å². The van der Waals surface area contributed by atoms with Gasteiger partial charge in [-0.05, 0) is 40.0 Å². The lowest BCUT2D eigenvalue weighted by Gasteiger charge is -2.35. The number of nitrogens with one attached hydrogen (secondary N) is 1. The monoisotopic (exact) mass is 265 g/mol. The van der Waals surface area contributed by atoms with Crippen LogP contribution in [0.4, 0.5) is 0 Å². The second-order valence-electron chi connectivity index (χ2n) is 7.07. The van der Waals surface area contributed by atoms with Gasteiger partial charge in [-0.2, -0.15) is 0 Å². The Hall–Kier alpha value is -0.343. The Bertz CT molecular complexity index is 331. The summed E-state index contributed by atoms with van der Waals surface area (Å²) in [7, 11) is -1.46. The molecule has 0 fully saturated rings. The Kier molecular flexibility index (Phi) is 5.41. The number of hydrogen-bond acceptors (Lipinski definition) is 1. The molecule has 0 atom stereocenters. The van der Waals surface area contributed by atoms with E-state index in [9.17, 15) is 0 Å². The second kappa shape index (κ2) is 6.20. The summed E-state index contributed by atoms with van der Waals surface area (Å²) in [6, 6.07) is 0. The van der Waals surface area contributed by atoms with E-state index in [2.05, 4.69) is 57.9 Å². The highest BCUT2D eigenvalue weighted by Gasteiger charge is 2.32. The molecule has 1 N–H and O–H groups in total. The summed E-state index contributed by atoms with van der Waals surface area (Å²) in [5.41, 5.74) is 1.86. The molecular weight excluding hydrogens is 234 g/mol. The van der Waals surface area contributed by atoms with Crippen LogP contribution < -0.4 is 4.98 Å². The summed E-state index contributed by atoms with van der Waals surface area (Å²) in [6.07, 6.45) is 11.2. The molecule has 1 nitrogen and oxygen atoms in total. The zero-order chi connectivity index (χ0) is 13.8. The van der Waals surface area contributed by atoms with E-state index >= 15 is 0 Å². The van der Waals surface area contributed by atoms with Gasteiger partial charge >= 0.3 is 0 Å². The maximum atomic E-state index is 3.90. The van der Waals surface area contributed by atoms with Crippen molar-refractivity contribution in [2.24, 2.45) is 0 Å². The molecule has 0 aliphatic heterocycles. The van der Waals surface area contributed by atoms with E-state index in [1.165, 1.54) is 32.1 Å². The van der Waals surface area contributed by atoms with Gasteiger partial charge in [0.15, 0.2) is 0 Å². The smallest absolute Gasteiger partial charge is 0.148 e. The highest BCUT2D eigenvalue weighted by molar-refractivity contribution is 6.82. The summed E-state index contributed by atoms with van der Waals surface area (Å²) >= 11 is 0. The summed E-state index contributed by atoms with van der Waals surface area (Å²) in [6.45, 7) is 14.0. The molecule has 0 heterocycles. The molecule has 0 radical (unpaired) electrons. The fraction of sp³-hybridized carbons (Fsp3) is 0.750. The van der Waals surface area contributed by atoms with Crippen LogP contribution in [0.5, 0.6) is 0 Å². The van der Waals surface area contributed by atoms with Crippen LogP contribution in [0.15, 0.2) is 22.9 Å². The number of hydrogen-bond donors (Lipinski definition) is 1. The van der Waals surface area contributed by atoms with Crippen LogP contribution >= 0.6 is 0 Å². The highest BCUT2D eigenvalue weighted by atomic mass is 28.3. The predicted molar refractivity (Wildman–Crippen MR) is 85.3 cm³/mol. The van der Waals surface area contributed by atoms with Gasteiger partial charge in [-0.15, -0.1) is 0 Å². The number of rotatable bonds is 6. The van der Waals surface area contributed by atoms with Crippen LogP contribution in [0.2, 0.25) is 13.1 Å². The van der Waals surface area contributed by atoms with Crippen LogP contribution in [0.1, 0.15) is 59.8 Å². The van der Waals surface area contributed by atoms with Crippen LogP contribution in [-0.4, -0.2) is 13.8 Å². The molecule has 1 aliphatic carbocycles. The normalized spacial score (nSPS) is 16.8. The van der Waals surface area contributed by atoms with E-state index in [0.29, 0.717) is 0 Å². The van der Waals surface area contributed by atoms with Gasteiger partial charge in [-0.3, -0.25) is 0 Å². The first kappa shape index (κ1) is 15.7. The molecule has 0 aromatic carbocycles. The molecule has 0 aromatic heterocycles. The minimum atomic E-state index is -1.46. The second-order valence-corrected chi connectivity index (χ2v) is 11.2. The molecule has 0 spiro atoms. The number of allylic oxidation sites excluding steroid dienone is 4. The largest absolute Gasteiger partial charge is 0.329 e. The zero-order valence-electron chi connectivity index (χ0n) is 13.2. The third kappa shape index (κ3) is 4.73. The molecule has 0 saturated heterocycles. The van der Waals surface area contributed by atoms with Crippen molar-refractivity contribution >= 4 is 8.24 Å². The van der Waals surface area contributed by atoms with Gasteiger partial charge in [0.1, 0.15) is 8.24 Å². The van der Waals surface area contributed by atoms with Crippen molar-refractivity contribution in [2.75, 3.05) is 0 Å². The fourth-order valence-electron chi connectivity index (χ4n) is 3.02. The molecule has 0 amide bonds. The fourth-order valence-corrected chi connectivity index (χ4v) is 6.69. The Morgan fingerprint density at radius 3 is 2.44 bits per heavy atom. The Labute approximate surface area is 115 Å². The Morgan fingerprint density at radius 2 is 1.89 bits per heavy atom. The van der Waals surface area contributed by atoms with Gasteiger partial charge < -0.3 is 4.98 Å². The molecule has 1 rings (SSSR count). The SMILES string of the molecule is CCCCCC1=C([Si](C)(C)NC(C)(C)C)CC=C1. The van der Waals surface area contributed by atoms with E-state index in [-0.39, 0.29) is 5.54 Å². The van der Waals surface area contributed by atoms with Crippen LogP contribution in [0.25, 0.3) is 0 Å². The van der Waals surface area contributed by atoms with Crippen molar-refractivity contribution in [1.82, 2.24) is 4.98 Å². The van der Waals surface area contributed by atoms with Gasteiger partial charge in [0, 0.05) is 5.54 Å². The van der Waals surface area contributed by atoms with E-state index in [0.717, 1.165) is 0 Å². The molecule has 1 aliphatic rings. The maximum Gasteiger partial charge on any atom is 0.148 e. The number of unbranched alkanes of at least 4 members (excludes halogenated alkanes) is 2. The Morgan fingerprint density at radius 1 is 1.22 bits per heavy atom. The summed E-state index contributed by atoms with van der Waals surface area (Å²) < 4.78 is 0. The van der Waals surface area contributed by atoms with Gasteiger partial charge in [0.2, 0.25) is 0 Å². The molecule has 2 heteroatoms. The van der Waals surface area contributed by atoms with Crippen molar-refractivity contribution in [3.63, 3.8) is 0 Å². The quantitative estimate of drug-likeness (QED) is 0.529. The first-order valence-corrected chi connectivity index (χ1v) is 10.4. The molecule has 0 saturated carbocycles. The average Bonchev–Trinajstić information content (AvgIpc) is 2.63. The minimum Gasteiger partial charge on any atom is -0.329 e. The van der Waals surface area contributed by atoms with Crippen molar-refractivity contribution in [3.8, 4) is 0 Å². The van der Waals surface area contributed by atoms with Gasteiger partial charge in [0.25, 0.3) is 0 Å². The third-order valence-electron chi connectivity index (χ3n) is 3.52. The van der Waals surface area contributed by atoms with Crippen molar-refractivity contribution in [2.45, 2.75) is 78.4 Å². The molecule has 104 valence electrons. The van der Waals surface area contributed by atoms with Crippen molar-refractivity contribution in [1.29, 1.82) is 0 Å². The van der Waals surface area contributed by atoms with Crippen molar-refractivity contribution < 1.29 is 0 Å². The zero-order valence-corrected chi connectivity index (χ0v) is 14.2. The average molecular weight is 266 g/mol. The standard InChI is InChI=1S/C16H31NSi/c1-7-8-9-11-14-12-10-13-15(14)18(5,6)17-16(2,3)4/h10,12,17H,7-9,11,13H2,1-6H3. The van der Waals surface area contributed by atoms with E-state index < -0.39 is 8.24 Å². The summed E-state index contributed by atoms with van der Waals surface area (Å²) in [5.74, 6) is 0. The predicted octanol–water partition coefficient (Wildman–Crippen LogP) is 4.96. The molecule has 0 bridgehead atoms. The first-order chi connectivity index (χ1) is 8.26. The third-order valence-corrected chi connectivity index (χ3v) is 6.93. The highest BCUT2D eigenvalue weighted by Crippen LogP contribution is 2.30. The van der Waals surface area contributed by atoms with E-state index in [1.54, 1.807) is 10.8 Å². The van der Waals surface area contributed by atoms with Gasteiger partial charge in [-0.25, -0.2) is 0 Å². The Balaban J connectivity index is 2.75. The molecule has 18 heavy (non-hydrogen) atoms. The minimum absolute atomic E-state index is 0.222. The lowest BCUT2D eigenvalue weighted by Crippen LogP contribution is -2.55. The van der Waals surface area contributed by atoms with Gasteiger partial charge in [0.05, 0.1) is 0 Å². The van der Waals surface area contributed by atoms with Gasteiger partial charge in [-0.1, -0.05) is 55.8 Å². The summed E-state index contributed by atoms with van der Waals surface area (Å²) in [4.78, 5) is 3.90. The first-order valence-electron chi connectivity index (χ1n) is 7.44.